The van der Waals surface area contributed by atoms with Crippen molar-refractivity contribution in [2.45, 2.75) is 13.3 Å². The van der Waals surface area contributed by atoms with E-state index < -0.39 is 11.4 Å². The van der Waals surface area contributed by atoms with Gasteiger partial charge < -0.3 is 14.9 Å². The van der Waals surface area contributed by atoms with E-state index in [0.717, 1.165) is 5.82 Å². The lowest BCUT2D eigenvalue weighted by Gasteiger charge is -2.21. The largest absolute Gasteiger partial charge is 0.481 e. The first-order chi connectivity index (χ1) is 8.42. The van der Waals surface area contributed by atoms with Crippen molar-refractivity contribution in [1.29, 1.82) is 0 Å². The van der Waals surface area contributed by atoms with E-state index in [1.807, 2.05) is 30.0 Å². The van der Waals surface area contributed by atoms with Crippen LogP contribution in [0.4, 0.5) is 11.8 Å². The van der Waals surface area contributed by atoms with E-state index in [1.54, 1.807) is 13.1 Å². The molecule has 6 heteroatoms. The lowest BCUT2D eigenvalue weighted by molar-refractivity contribution is -0.146. The third-order valence-corrected chi connectivity index (χ3v) is 3.34. The van der Waals surface area contributed by atoms with Gasteiger partial charge in [-0.05, 0) is 19.4 Å². The zero-order valence-corrected chi connectivity index (χ0v) is 10.9. The molecule has 1 N–H and O–H groups in total. The topological polar surface area (TPSA) is 69.6 Å². The highest BCUT2D eigenvalue weighted by atomic mass is 16.4. The van der Waals surface area contributed by atoms with Crippen molar-refractivity contribution in [2.24, 2.45) is 5.41 Å². The summed E-state index contributed by atoms with van der Waals surface area (Å²) in [6.45, 7) is 2.99. The fourth-order valence-corrected chi connectivity index (χ4v) is 2.06. The molecule has 0 radical (unpaired) electrons. The molecule has 1 aliphatic heterocycles. The number of hydrogen-bond donors (Lipinski definition) is 1. The minimum Gasteiger partial charge on any atom is -0.481 e. The maximum atomic E-state index is 11.2. The Labute approximate surface area is 106 Å². The molecule has 18 heavy (non-hydrogen) atoms. The summed E-state index contributed by atoms with van der Waals surface area (Å²) in [5.74, 6) is 0.682. The lowest BCUT2D eigenvalue weighted by atomic mass is 9.90. The van der Waals surface area contributed by atoms with Gasteiger partial charge in [-0.15, -0.1) is 0 Å². The van der Waals surface area contributed by atoms with Crippen LogP contribution in [-0.4, -0.2) is 48.2 Å². The maximum absolute atomic E-state index is 11.2. The fraction of sp³-hybridized carbons (Fsp3) is 0.583. The second-order valence-electron chi connectivity index (χ2n) is 5.15. The minimum absolute atomic E-state index is 0.492. The molecule has 98 valence electrons. The fourth-order valence-electron chi connectivity index (χ4n) is 2.06. The molecule has 2 rings (SSSR count). The molecule has 1 aliphatic rings. The van der Waals surface area contributed by atoms with Gasteiger partial charge in [0, 0.05) is 33.4 Å². The number of carboxylic acids is 1. The Balaban J connectivity index is 2.19. The van der Waals surface area contributed by atoms with E-state index in [2.05, 4.69) is 9.97 Å². The van der Waals surface area contributed by atoms with Crippen LogP contribution >= 0.6 is 0 Å². The number of rotatable bonds is 3. The summed E-state index contributed by atoms with van der Waals surface area (Å²) in [4.78, 5) is 23.6. The average molecular weight is 250 g/mol. The summed E-state index contributed by atoms with van der Waals surface area (Å²) in [6, 6.07) is 1.82. The summed E-state index contributed by atoms with van der Waals surface area (Å²) >= 11 is 0. The maximum Gasteiger partial charge on any atom is 0.311 e. The van der Waals surface area contributed by atoms with E-state index in [9.17, 15) is 9.90 Å². The van der Waals surface area contributed by atoms with Crippen molar-refractivity contribution in [3.63, 3.8) is 0 Å². The second kappa shape index (κ2) is 4.44. The molecule has 0 saturated carbocycles. The van der Waals surface area contributed by atoms with Gasteiger partial charge in [-0.1, -0.05) is 0 Å². The van der Waals surface area contributed by atoms with Crippen LogP contribution in [0.1, 0.15) is 13.3 Å². The van der Waals surface area contributed by atoms with Crippen LogP contribution in [0.2, 0.25) is 0 Å². The van der Waals surface area contributed by atoms with Gasteiger partial charge in [-0.25, -0.2) is 4.98 Å². The highest BCUT2D eigenvalue weighted by molar-refractivity contribution is 5.76. The SMILES string of the molecule is CN(C)c1nccc(N2CCC(C)(C(=O)O)C2)n1. The molecule has 0 spiro atoms. The first-order valence-electron chi connectivity index (χ1n) is 5.91. The molecule has 0 aliphatic carbocycles. The van der Waals surface area contributed by atoms with Gasteiger partial charge in [-0.2, -0.15) is 4.98 Å². The van der Waals surface area contributed by atoms with Crippen LogP contribution in [0.25, 0.3) is 0 Å². The molecule has 1 aromatic heterocycles. The van der Waals surface area contributed by atoms with E-state index in [4.69, 9.17) is 0 Å². The van der Waals surface area contributed by atoms with Crippen LogP contribution in [0.5, 0.6) is 0 Å². The Morgan fingerprint density at radius 2 is 2.28 bits per heavy atom. The number of aliphatic carboxylic acids is 1. The van der Waals surface area contributed by atoms with Gasteiger partial charge in [-0.3, -0.25) is 4.79 Å². The smallest absolute Gasteiger partial charge is 0.311 e. The van der Waals surface area contributed by atoms with Crippen LogP contribution in [0.3, 0.4) is 0 Å². The number of hydrogen-bond acceptors (Lipinski definition) is 5. The summed E-state index contributed by atoms with van der Waals surface area (Å²) in [7, 11) is 3.76. The number of anilines is 2. The molecule has 1 aromatic rings. The van der Waals surface area contributed by atoms with Crippen LogP contribution < -0.4 is 9.80 Å². The molecule has 1 saturated heterocycles. The molecule has 1 unspecified atom stereocenters. The van der Waals surface area contributed by atoms with E-state index in [-0.39, 0.29) is 0 Å². The Morgan fingerprint density at radius 1 is 1.56 bits per heavy atom. The summed E-state index contributed by atoms with van der Waals surface area (Å²) in [5, 5.41) is 9.21. The summed E-state index contributed by atoms with van der Waals surface area (Å²) < 4.78 is 0. The number of aromatic nitrogens is 2. The molecule has 0 aromatic carbocycles. The molecule has 0 amide bonds. The van der Waals surface area contributed by atoms with E-state index in [0.29, 0.717) is 25.5 Å². The average Bonchev–Trinajstić information content (AvgIpc) is 2.73. The molecule has 2 heterocycles. The van der Waals surface area contributed by atoms with Crippen molar-refractivity contribution in [2.75, 3.05) is 37.0 Å². The second-order valence-corrected chi connectivity index (χ2v) is 5.15. The van der Waals surface area contributed by atoms with Crippen molar-refractivity contribution in [3.8, 4) is 0 Å². The van der Waals surface area contributed by atoms with Crippen LogP contribution in [0, 0.1) is 5.41 Å². The molecule has 6 nitrogen and oxygen atoms in total. The monoisotopic (exact) mass is 250 g/mol. The van der Waals surface area contributed by atoms with Crippen molar-refractivity contribution in [1.82, 2.24) is 9.97 Å². The van der Waals surface area contributed by atoms with Crippen molar-refractivity contribution < 1.29 is 9.90 Å². The van der Waals surface area contributed by atoms with E-state index >= 15 is 0 Å². The van der Waals surface area contributed by atoms with Gasteiger partial charge in [0.15, 0.2) is 0 Å². The predicted molar refractivity (Wildman–Crippen MR) is 68.9 cm³/mol. The molecule has 1 atom stereocenters. The first-order valence-corrected chi connectivity index (χ1v) is 5.91. The quantitative estimate of drug-likeness (QED) is 0.857. The standard InChI is InChI=1S/C12H18N4O2/c1-12(10(17)18)5-7-16(8-12)9-4-6-13-11(14-9)15(2)3/h4,6H,5,7-8H2,1-3H3,(H,17,18). The van der Waals surface area contributed by atoms with Crippen LogP contribution in [-0.2, 0) is 4.79 Å². The molecule has 1 fully saturated rings. The Morgan fingerprint density at radius 3 is 2.83 bits per heavy atom. The van der Waals surface area contributed by atoms with Gasteiger partial charge in [0.1, 0.15) is 5.82 Å². The van der Waals surface area contributed by atoms with Crippen molar-refractivity contribution >= 4 is 17.7 Å². The van der Waals surface area contributed by atoms with Gasteiger partial charge in [0.2, 0.25) is 5.95 Å². The van der Waals surface area contributed by atoms with Crippen LogP contribution in [0.15, 0.2) is 12.3 Å². The predicted octanol–water partition coefficient (Wildman–Crippen LogP) is 0.844. The first kappa shape index (κ1) is 12.6. The molecular formula is C12H18N4O2. The third-order valence-electron chi connectivity index (χ3n) is 3.34. The number of carboxylic acid groups (broad SMARTS) is 1. The number of carbonyl (C=O) groups is 1. The highest BCUT2D eigenvalue weighted by Gasteiger charge is 2.40. The van der Waals surface area contributed by atoms with Gasteiger partial charge in [0.05, 0.1) is 5.41 Å². The number of nitrogens with zero attached hydrogens (tertiary/aromatic N) is 4. The lowest BCUT2D eigenvalue weighted by Crippen LogP contribution is -2.32. The molecule has 0 bridgehead atoms. The normalized spacial score (nSPS) is 23.2. The Bertz CT molecular complexity index is 463. The molecular weight excluding hydrogens is 232 g/mol. The Hall–Kier alpha value is -1.85. The van der Waals surface area contributed by atoms with Crippen molar-refractivity contribution in [3.05, 3.63) is 12.3 Å². The zero-order chi connectivity index (χ0) is 13.3. The third kappa shape index (κ3) is 2.23. The highest BCUT2D eigenvalue weighted by Crippen LogP contribution is 2.32. The van der Waals surface area contributed by atoms with Gasteiger partial charge in [0.25, 0.3) is 0 Å². The summed E-state index contributed by atoms with van der Waals surface area (Å²) in [5.41, 5.74) is -0.677. The summed E-state index contributed by atoms with van der Waals surface area (Å²) in [6.07, 6.45) is 2.34. The Kier molecular flexibility index (Phi) is 3.11. The zero-order valence-electron chi connectivity index (χ0n) is 10.9. The van der Waals surface area contributed by atoms with E-state index in [1.165, 1.54) is 0 Å². The van der Waals surface area contributed by atoms with Gasteiger partial charge >= 0.3 is 5.97 Å². The minimum atomic E-state index is -0.744.